The van der Waals surface area contributed by atoms with Gasteiger partial charge >= 0.3 is 0 Å². The molecule has 1 aromatic heterocycles. The Morgan fingerprint density at radius 2 is 1.94 bits per heavy atom. The minimum Gasteiger partial charge on any atom is -0.474 e. The zero-order valence-corrected chi connectivity index (χ0v) is 11.3. The summed E-state index contributed by atoms with van der Waals surface area (Å²) >= 11 is 5.98. The van der Waals surface area contributed by atoms with E-state index < -0.39 is 0 Å². The maximum Gasteiger partial charge on any atom is 0.252 e. The molecule has 1 saturated carbocycles. The molecule has 17 heavy (non-hydrogen) atoms. The molecule has 1 aliphatic rings. The lowest BCUT2D eigenvalue weighted by atomic mass is 10.3. The Morgan fingerprint density at radius 3 is 2.59 bits per heavy atom. The molecule has 0 bridgehead atoms. The molecule has 1 aliphatic carbocycles. The Morgan fingerprint density at radius 1 is 1.29 bits per heavy atom. The highest BCUT2D eigenvalue weighted by atomic mass is 35.5. The topological polar surface area (TPSA) is 38.2 Å². The fraction of sp³-hybridized carbons (Fsp3) is 0.667. The Kier molecular flexibility index (Phi) is 3.84. The van der Waals surface area contributed by atoms with Crippen molar-refractivity contribution in [1.82, 2.24) is 14.9 Å². The van der Waals surface area contributed by atoms with Crippen molar-refractivity contribution in [2.75, 3.05) is 20.2 Å². The van der Waals surface area contributed by atoms with Gasteiger partial charge in [0.2, 0.25) is 0 Å². The quantitative estimate of drug-likeness (QED) is 0.809. The fourth-order valence-corrected chi connectivity index (χ4v) is 1.85. The molecule has 0 unspecified atom stereocenters. The van der Waals surface area contributed by atoms with Crippen LogP contribution in [0, 0.1) is 13.8 Å². The van der Waals surface area contributed by atoms with Crippen LogP contribution in [0.25, 0.3) is 0 Å². The van der Waals surface area contributed by atoms with E-state index in [2.05, 4.69) is 21.9 Å². The zero-order valence-electron chi connectivity index (χ0n) is 10.5. The van der Waals surface area contributed by atoms with Crippen molar-refractivity contribution in [1.29, 1.82) is 0 Å². The SMILES string of the molecule is Cc1nc(Cl)c(OCCN(C)C2CC2)nc1C. The first-order valence-corrected chi connectivity index (χ1v) is 6.29. The Balaban J connectivity index is 1.87. The summed E-state index contributed by atoms with van der Waals surface area (Å²) in [5.74, 6) is 0.443. The van der Waals surface area contributed by atoms with Crippen LogP contribution in [-0.2, 0) is 0 Å². The summed E-state index contributed by atoms with van der Waals surface area (Å²) in [7, 11) is 2.12. The molecule has 4 nitrogen and oxygen atoms in total. The van der Waals surface area contributed by atoms with Crippen LogP contribution >= 0.6 is 11.6 Å². The number of nitrogens with zero attached hydrogens (tertiary/aromatic N) is 3. The number of hydrogen-bond donors (Lipinski definition) is 0. The first-order valence-electron chi connectivity index (χ1n) is 5.91. The molecule has 0 spiro atoms. The van der Waals surface area contributed by atoms with E-state index in [0.29, 0.717) is 17.6 Å². The van der Waals surface area contributed by atoms with Crippen LogP contribution in [0.3, 0.4) is 0 Å². The maximum atomic E-state index is 5.98. The average molecular weight is 256 g/mol. The molecule has 94 valence electrons. The van der Waals surface area contributed by atoms with Crippen LogP contribution in [0.4, 0.5) is 0 Å². The molecular weight excluding hydrogens is 238 g/mol. The Hall–Kier alpha value is -0.870. The molecule has 2 rings (SSSR count). The lowest BCUT2D eigenvalue weighted by molar-refractivity contribution is 0.225. The highest BCUT2D eigenvalue weighted by Crippen LogP contribution is 2.25. The standard InChI is InChI=1S/C12H18ClN3O/c1-8-9(2)15-12(11(13)14-8)17-7-6-16(3)10-4-5-10/h10H,4-7H2,1-3H3. The molecule has 1 aromatic rings. The molecular formula is C12H18ClN3O. The average Bonchev–Trinajstić information content (AvgIpc) is 3.09. The zero-order chi connectivity index (χ0) is 12.4. The molecule has 0 N–H and O–H groups in total. The minimum atomic E-state index is 0.349. The summed E-state index contributed by atoms with van der Waals surface area (Å²) in [6.07, 6.45) is 2.61. The minimum absolute atomic E-state index is 0.349. The van der Waals surface area contributed by atoms with E-state index in [9.17, 15) is 0 Å². The van der Waals surface area contributed by atoms with Gasteiger partial charge in [0.05, 0.1) is 11.4 Å². The molecule has 0 aliphatic heterocycles. The number of aromatic nitrogens is 2. The highest BCUT2D eigenvalue weighted by Gasteiger charge is 2.25. The predicted octanol–water partition coefficient (Wildman–Crippen LogP) is 2.22. The van der Waals surface area contributed by atoms with Gasteiger partial charge in [-0.15, -0.1) is 0 Å². The molecule has 1 heterocycles. The number of rotatable bonds is 5. The first kappa shape index (κ1) is 12.6. The van der Waals surface area contributed by atoms with E-state index in [-0.39, 0.29) is 0 Å². The van der Waals surface area contributed by atoms with Gasteiger partial charge in [-0.1, -0.05) is 11.6 Å². The Labute approximate surface area is 107 Å². The molecule has 0 saturated heterocycles. The summed E-state index contributed by atoms with van der Waals surface area (Å²) in [6.45, 7) is 5.29. The molecule has 0 amide bonds. The van der Waals surface area contributed by atoms with Crippen molar-refractivity contribution in [3.63, 3.8) is 0 Å². The van der Waals surface area contributed by atoms with Gasteiger partial charge in [0.1, 0.15) is 6.61 Å². The van der Waals surface area contributed by atoms with Gasteiger partial charge in [0, 0.05) is 12.6 Å². The highest BCUT2D eigenvalue weighted by molar-refractivity contribution is 6.30. The maximum absolute atomic E-state index is 5.98. The van der Waals surface area contributed by atoms with Gasteiger partial charge < -0.3 is 9.64 Å². The smallest absolute Gasteiger partial charge is 0.252 e. The molecule has 5 heteroatoms. The molecule has 0 atom stereocenters. The second-order valence-corrected chi connectivity index (χ2v) is 4.91. The van der Waals surface area contributed by atoms with E-state index in [4.69, 9.17) is 16.3 Å². The normalized spacial score (nSPS) is 15.4. The lowest BCUT2D eigenvalue weighted by Gasteiger charge is -2.16. The van der Waals surface area contributed by atoms with Crippen LogP contribution in [0.5, 0.6) is 5.88 Å². The van der Waals surface area contributed by atoms with Crippen molar-refractivity contribution in [2.24, 2.45) is 0 Å². The second kappa shape index (κ2) is 5.19. The van der Waals surface area contributed by atoms with Crippen molar-refractivity contribution < 1.29 is 4.74 Å². The van der Waals surface area contributed by atoms with Crippen molar-refractivity contribution in [3.05, 3.63) is 16.5 Å². The van der Waals surface area contributed by atoms with Crippen LogP contribution in [0.2, 0.25) is 5.15 Å². The molecule has 0 aromatic carbocycles. The van der Waals surface area contributed by atoms with Gasteiger partial charge in [-0.05, 0) is 33.7 Å². The molecule has 1 fully saturated rings. The van der Waals surface area contributed by atoms with Crippen LogP contribution in [-0.4, -0.2) is 41.1 Å². The number of ether oxygens (including phenoxy) is 1. The van der Waals surface area contributed by atoms with E-state index in [1.165, 1.54) is 12.8 Å². The van der Waals surface area contributed by atoms with E-state index in [1.54, 1.807) is 0 Å². The van der Waals surface area contributed by atoms with Crippen LogP contribution in [0.1, 0.15) is 24.2 Å². The summed E-state index contributed by atoms with van der Waals surface area (Å²) in [4.78, 5) is 10.8. The van der Waals surface area contributed by atoms with Gasteiger partial charge in [-0.25, -0.2) is 9.97 Å². The second-order valence-electron chi connectivity index (χ2n) is 4.55. The number of likely N-dealkylation sites (N-methyl/N-ethyl adjacent to an activating group) is 1. The molecule has 0 radical (unpaired) electrons. The number of aryl methyl sites for hydroxylation is 2. The monoisotopic (exact) mass is 255 g/mol. The van der Waals surface area contributed by atoms with Crippen LogP contribution < -0.4 is 4.74 Å². The van der Waals surface area contributed by atoms with E-state index in [1.807, 2.05) is 13.8 Å². The van der Waals surface area contributed by atoms with Crippen molar-refractivity contribution >= 4 is 11.6 Å². The first-order chi connectivity index (χ1) is 8.08. The summed E-state index contributed by atoms with van der Waals surface area (Å²) < 4.78 is 5.57. The fourth-order valence-electron chi connectivity index (χ4n) is 1.63. The third-order valence-electron chi connectivity index (χ3n) is 3.09. The largest absolute Gasteiger partial charge is 0.474 e. The summed E-state index contributed by atoms with van der Waals surface area (Å²) in [6, 6.07) is 0.750. The van der Waals surface area contributed by atoms with Crippen LogP contribution in [0.15, 0.2) is 0 Å². The Bertz CT molecular complexity index is 407. The summed E-state index contributed by atoms with van der Waals surface area (Å²) in [5, 5.41) is 0.349. The third kappa shape index (κ3) is 3.30. The van der Waals surface area contributed by atoms with Gasteiger partial charge in [-0.2, -0.15) is 0 Å². The van der Waals surface area contributed by atoms with Crippen molar-refractivity contribution in [2.45, 2.75) is 32.7 Å². The number of halogens is 1. The predicted molar refractivity (Wildman–Crippen MR) is 67.7 cm³/mol. The third-order valence-corrected chi connectivity index (χ3v) is 3.33. The van der Waals surface area contributed by atoms with Gasteiger partial charge in [0.15, 0.2) is 5.15 Å². The summed E-state index contributed by atoms with van der Waals surface area (Å²) in [5.41, 5.74) is 1.71. The van der Waals surface area contributed by atoms with Gasteiger partial charge in [0.25, 0.3) is 5.88 Å². The van der Waals surface area contributed by atoms with Crippen molar-refractivity contribution in [3.8, 4) is 5.88 Å². The van der Waals surface area contributed by atoms with Gasteiger partial charge in [-0.3, -0.25) is 0 Å². The number of hydrogen-bond acceptors (Lipinski definition) is 4. The lowest BCUT2D eigenvalue weighted by Crippen LogP contribution is -2.26. The van der Waals surface area contributed by atoms with E-state index >= 15 is 0 Å². The van der Waals surface area contributed by atoms with E-state index in [0.717, 1.165) is 24.0 Å².